The highest BCUT2D eigenvalue weighted by atomic mass is 19.4. The molecule has 0 fully saturated rings. The zero-order valence-corrected chi connectivity index (χ0v) is 13.8. The van der Waals surface area contributed by atoms with Gasteiger partial charge in [-0.3, -0.25) is 0 Å². The number of alkyl halides is 5. The minimum Gasteiger partial charge on any atom is -0.398 e. The third kappa shape index (κ3) is 3.24. The van der Waals surface area contributed by atoms with Crippen molar-refractivity contribution in [2.45, 2.75) is 24.6 Å². The largest absolute Gasteiger partial charge is 0.416 e. The Labute approximate surface area is 150 Å². The first-order valence-electron chi connectivity index (χ1n) is 7.84. The number of nitrogens with two attached hydrogens (primary N) is 1. The fraction of sp³-hybridized carbons (Fsp3) is 0.222. The average Bonchev–Trinajstić information content (AvgIpc) is 3.05. The number of fused-ring (bicyclic) bond motifs is 1. The number of rotatable bonds is 5. The minimum absolute atomic E-state index is 0.0294. The molecule has 0 spiro atoms. The number of aromatic nitrogens is 2. The van der Waals surface area contributed by atoms with E-state index in [1.54, 1.807) is 18.2 Å². The topological polar surface area (TPSA) is 60.9 Å². The molecule has 4 nitrogen and oxygen atoms in total. The Hall–Kier alpha value is -2.97. The molecule has 9 heteroatoms. The lowest BCUT2D eigenvalue weighted by Crippen LogP contribution is -2.39. The third-order valence-corrected chi connectivity index (χ3v) is 4.40. The van der Waals surface area contributed by atoms with Crippen LogP contribution in [0.2, 0.25) is 0 Å². The van der Waals surface area contributed by atoms with E-state index < -0.39 is 30.1 Å². The Morgan fingerprint density at radius 1 is 1.07 bits per heavy atom. The van der Waals surface area contributed by atoms with Gasteiger partial charge < -0.3 is 10.5 Å². The Kier molecular flexibility index (Phi) is 4.63. The van der Waals surface area contributed by atoms with Crippen molar-refractivity contribution in [2.75, 3.05) is 5.73 Å². The number of benzene rings is 2. The molecule has 0 saturated heterocycles. The van der Waals surface area contributed by atoms with Crippen molar-refractivity contribution in [3.63, 3.8) is 0 Å². The van der Waals surface area contributed by atoms with Gasteiger partial charge in [-0.2, -0.15) is 18.3 Å². The van der Waals surface area contributed by atoms with Crippen molar-refractivity contribution in [3.05, 3.63) is 59.8 Å². The van der Waals surface area contributed by atoms with Gasteiger partial charge in [-0.05, 0) is 29.8 Å². The van der Waals surface area contributed by atoms with Gasteiger partial charge in [0.15, 0.2) is 6.29 Å². The van der Waals surface area contributed by atoms with Crippen LogP contribution in [-0.4, -0.2) is 22.5 Å². The van der Waals surface area contributed by atoms with Gasteiger partial charge in [0.2, 0.25) is 6.43 Å². The summed E-state index contributed by atoms with van der Waals surface area (Å²) in [7, 11) is 0. The van der Waals surface area contributed by atoms with Gasteiger partial charge in [0, 0.05) is 17.5 Å². The maximum Gasteiger partial charge on any atom is 0.416 e. The van der Waals surface area contributed by atoms with E-state index in [0.29, 0.717) is 16.6 Å². The molecule has 1 aromatic heterocycles. The van der Waals surface area contributed by atoms with Crippen LogP contribution in [-0.2, 0) is 16.5 Å². The zero-order chi connectivity index (χ0) is 19.8. The number of aldehydes is 1. The monoisotopic (exact) mass is 383 g/mol. The van der Waals surface area contributed by atoms with Gasteiger partial charge in [-0.1, -0.05) is 18.2 Å². The Bertz CT molecular complexity index is 965. The summed E-state index contributed by atoms with van der Waals surface area (Å²) < 4.78 is 66.2. The predicted octanol–water partition coefficient (Wildman–Crippen LogP) is 4.24. The van der Waals surface area contributed by atoms with Crippen molar-refractivity contribution < 1.29 is 26.7 Å². The minimum atomic E-state index is -4.59. The van der Waals surface area contributed by atoms with Gasteiger partial charge in [-0.15, -0.1) is 0 Å². The van der Waals surface area contributed by atoms with E-state index in [0.717, 1.165) is 28.9 Å². The molecule has 0 amide bonds. The summed E-state index contributed by atoms with van der Waals surface area (Å²) in [5.74, 6) is 0. The number of hydrogen-bond donors (Lipinski definition) is 1. The molecule has 1 heterocycles. The number of halogens is 5. The van der Waals surface area contributed by atoms with Crippen molar-refractivity contribution in [1.29, 1.82) is 0 Å². The van der Waals surface area contributed by atoms with E-state index in [9.17, 15) is 26.7 Å². The van der Waals surface area contributed by atoms with Crippen LogP contribution in [0, 0.1) is 0 Å². The average molecular weight is 383 g/mol. The van der Waals surface area contributed by atoms with Crippen LogP contribution in [0.1, 0.15) is 17.5 Å². The second-order valence-electron chi connectivity index (χ2n) is 6.05. The highest BCUT2D eigenvalue weighted by molar-refractivity contribution is 5.91. The lowest BCUT2D eigenvalue weighted by molar-refractivity contribution is -0.137. The number of hydrogen-bond acceptors (Lipinski definition) is 3. The molecule has 0 saturated carbocycles. The van der Waals surface area contributed by atoms with Crippen molar-refractivity contribution >= 4 is 22.9 Å². The Balaban J connectivity index is 2.23. The van der Waals surface area contributed by atoms with Crippen molar-refractivity contribution in [1.82, 2.24) is 9.78 Å². The molecule has 0 bridgehead atoms. The van der Waals surface area contributed by atoms with Gasteiger partial charge in [0.25, 0.3) is 0 Å². The normalized spacial score (nSPS) is 14.4. The maximum atomic E-state index is 13.3. The van der Waals surface area contributed by atoms with E-state index in [2.05, 4.69) is 5.10 Å². The molecule has 2 N–H and O–H groups in total. The summed E-state index contributed by atoms with van der Waals surface area (Å²) in [4.78, 5) is 12.0. The summed E-state index contributed by atoms with van der Waals surface area (Å²) >= 11 is 0. The fourth-order valence-electron chi connectivity index (χ4n) is 3.07. The van der Waals surface area contributed by atoms with Crippen LogP contribution in [0.25, 0.3) is 10.9 Å². The number of nitrogens with zero attached hydrogens (tertiary/aromatic N) is 2. The molecule has 3 aromatic rings. The first kappa shape index (κ1) is 18.8. The molecule has 0 aliphatic carbocycles. The Morgan fingerprint density at radius 3 is 2.26 bits per heavy atom. The molecule has 142 valence electrons. The molecule has 2 aromatic carbocycles. The number of nitrogen functional groups attached to an aromatic ring is 1. The highest BCUT2D eigenvalue weighted by Crippen LogP contribution is 2.36. The smallest absolute Gasteiger partial charge is 0.398 e. The lowest BCUT2D eigenvalue weighted by atomic mass is 9.87. The van der Waals surface area contributed by atoms with Crippen LogP contribution in [0.15, 0.2) is 48.7 Å². The number of carbonyl (C=O) groups is 1. The SMILES string of the molecule is Nc1cccc2c1cnn2C(C=O)(CC(F)F)c1ccc(C(F)(F)F)cc1. The summed E-state index contributed by atoms with van der Waals surface area (Å²) in [5.41, 5.74) is 3.55. The van der Waals surface area contributed by atoms with Crippen LogP contribution >= 0.6 is 0 Å². The van der Waals surface area contributed by atoms with Crippen LogP contribution in [0.3, 0.4) is 0 Å². The van der Waals surface area contributed by atoms with Gasteiger partial charge in [0.05, 0.1) is 17.3 Å². The van der Waals surface area contributed by atoms with E-state index in [-0.39, 0.29) is 11.8 Å². The van der Waals surface area contributed by atoms with E-state index >= 15 is 0 Å². The molecule has 1 unspecified atom stereocenters. The van der Waals surface area contributed by atoms with Gasteiger partial charge >= 0.3 is 6.18 Å². The second kappa shape index (κ2) is 6.64. The van der Waals surface area contributed by atoms with Crippen molar-refractivity contribution in [3.8, 4) is 0 Å². The molecule has 3 rings (SSSR count). The fourth-order valence-corrected chi connectivity index (χ4v) is 3.07. The van der Waals surface area contributed by atoms with Crippen LogP contribution in [0.4, 0.5) is 27.6 Å². The van der Waals surface area contributed by atoms with Crippen molar-refractivity contribution in [2.24, 2.45) is 0 Å². The summed E-state index contributed by atoms with van der Waals surface area (Å²) in [5, 5.41) is 4.50. The predicted molar refractivity (Wildman–Crippen MR) is 89.4 cm³/mol. The summed E-state index contributed by atoms with van der Waals surface area (Å²) in [6, 6.07) is 8.23. The van der Waals surface area contributed by atoms with Crippen LogP contribution < -0.4 is 5.73 Å². The second-order valence-corrected chi connectivity index (χ2v) is 6.05. The highest BCUT2D eigenvalue weighted by Gasteiger charge is 2.40. The molecule has 0 aliphatic rings. The van der Waals surface area contributed by atoms with Gasteiger partial charge in [-0.25, -0.2) is 13.5 Å². The molecule has 0 radical (unpaired) electrons. The molecule has 0 aliphatic heterocycles. The van der Waals surface area contributed by atoms with E-state index in [1.807, 2.05) is 0 Å². The van der Waals surface area contributed by atoms with Gasteiger partial charge in [0.1, 0.15) is 5.54 Å². The summed E-state index contributed by atoms with van der Waals surface area (Å²) in [6.07, 6.45) is -6.83. The molecule has 1 atom stereocenters. The molecular weight excluding hydrogens is 369 g/mol. The first-order valence-corrected chi connectivity index (χ1v) is 7.84. The summed E-state index contributed by atoms with van der Waals surface area (Å²) in [6.45, 7) is 0. The maximum absolute atomic E-state index is 13.3. The lowest BCUT2D eigenvalue weighted by Gasteiger charge is -2.30. The first-order chi connectivity index (χ1) is 12.7. The third-order valence-electron chi connectivity index (χ3n) is 4.40. The quantitative estimate of drug-likeness (QED) is 0.407. The Morgan fingerprint density at radius 2 is 1.70 bits per heavy atom. The van der Waals surface area contributed by atoms with E-state index in [4.69, 9.17) is 5.73 Å². The number of anilines is 1. The van der Waals surface area contributed by atoms with Crippen LogP contribution in [0.5, 0.6) is 0 Å². The standard InChI is InChI=1S/C18H14F5N3O/c19-16(20)8-17(10-27,11-4-6-12(7-5-11)18(21,22)23)26-15-3-1-2-14(24)13(15)9-25-26/h1-7,9-10,16H,8,24H2. The zero-order valence-electron chi connectivity index (χ0n) is 13.8. The number of carbonyl (C=O) groups excluding carboxylic acids is 1. The molecular formula is C18H14F5N3O. The van der Waals surface area contributed by atoms with E-state index in [1.165, 1.54) is 6.20 Å². The molecule has 27 heavy (non-hydrogen) atoms.